The summed E-state index contributed by atoms with van der Waals surface area (Å²) in [6.45, 7) is 2.12. The van der Waals surface area contributed by atoms with Gasteiger partial charge in [-0.3, -0.25) is 4.79 Å². The zero-order chi connectivity index (χ0) is 9.47. The van der Waals surface area contributed by atoms with Gasteiger partial charge in [-0.2, -0.15) is 0 Å². The van der Waals surface area contributed by atoms with Crippen molar-refractivity contribution in [3.8, 4) is 0 Å². The van der Waals surface area contributed by atoms with E-state index in [1.54, 1.807) is 0 Å². The number of carbonyl (C=O) groups excluding carboxylic acids is 1. The highest BCUT2D eigenvalue weighted by atomic mass is 127. The topological polar surface area (TPSA) is 29.5 Å². The molecular weight excluding hydrogens is 281 g/mol. The molecule has 2 fully saturated rings. The van der Waals surface area contributed by atoms with Crippen LogP contribution in [0, 0.1) is 5.41 Å². The molecule has 13 heavy (non-hydrogen) atoms. The Bertz CT molecular complexity index is 234. The lowest BCUT2D eigenvalue weighted by Crippen LogP contribution is -2.34. The molecule has 4 heteroatoms. The summed E-state index contributed by atoms with van der Waals surface area (Å²) in [6, 6.07) is 0. The van der Waals surface area contributed by atoms with Crippen molar-refractivity contribution in [1.82, 2.24) is 4.90 Å². The van der Waals surface area contributed by atoms with Gasteiger partial charge in [-0.15, -0.1) is 0 Å². The number of ether oxygens (including phenoxy) is 1. The van der Waals surface area contributed by atoms with Crippen LogP contribution >= 0.6 is 22.6 Å². The van der Waals surface area contributed by atoms with Crippen molar-refractivity contribution in [1.29, 1.82) is 0 Å². The minimum atomic E-state index is -0.00281. The molecule has 2 saturated heterocycles. The molecule has 0 aromatic carbocycles. The fraction of sp³-hybridized carbons (Fsp3) is 0.889. The van der Waals surface area contributed by atoms with Crippen molar-refractivity contribution in [2.45, 2.75) is 18.9 Å². The van der Waals surface area contributed by atoms with Crippen LogP contribution in [0.1, 0.15) is 12.8 Å². The van der Waals surface area contributed by atoms with Crippen molar-refractivity contribution < 1.29 is 9.53 Å². The van der Waals surface area contributed by atoms with Crippen molar-refractivity contribution in [3.05, 3.63) is 0 Å². The van der Waals surface area contributed by atoms with Gasteiger partial charge in [-0.25, -0.2) is 0 Å². The third kappa shape index (κ3) is 1.58. The van der Waals surface area contributed by atoms with Gasteiger partial charge in [-0.1, -0.05) is 22.6 Å². The second-order valence-electron chi connectivity index (χ2n) is 4.16. The van der Waals surface area contributed by atoms with Gasteiger partial charge in [-0.05, 0) is 20.0 Å². The van der Waals surface area contributed by atoms with Gasteiger partial charge in [0.1, 0.15) is 6.10 Å². The summed E-state index contributed by atoms with van der Waals surface area (Å²) in [5.74, 6) is -0.00281. The molecule has 0 aromatic heterocycles. The summed E-state index contributed by atoms with van der Waals surface area (Å²) < 4.78 is 6.25. The lowest BCUT2D eigenvalue weighted by Gasteiger charge is -2.26. The maximum Gasteiger partial charge on any atom is 0.306 e. The Kier molecular flexibility index (Phi) is 2.53. The van der Waals surface area contributed by atoms with E-state index in [1.165, 1.54) is 0 Å². The molecule has 74 valence electrons. The molecule has 0 aromatic rings. The summed E-state index contributed by atoms with van der Waals surface area (Å²) >= 11 is 2.31. The van der Waals surface area contributed by atoms with E-state index in [-0.39, 0.29) is 17.5 Å². The van der Waals surface area contributed by atoms with Crippen LogP contribution in [-0.4, -0.2) is 41.5 Å². The highest BCUT2D eigenvalue weighted by molar-refractivity contribution is 14.1. The van der Waals surface area contributed by atoms with Crippen LogP contribution in [0.15, 0.2) is 0 Å². The molecular formula is C9H14INO2. The number of hydrogen-bond donors (Lipinski definition) is 0. The number of hydrogen-bond acceptors (Lipinski definition) is 3. The molecule has 2 heterocycles. The maximum atomic E-state index is 11.2. The van der Waals surface area contributed by atoms with Crippen LogP contribution in [0.4, 0.5) is 0 Å². The number of esters is 1. The van der Waals surface area contributed by atoms with E-state index in [4.69, 9.17) is 4.74 Å². The van der Waals surface area contributed by atoms with Crippen LogP contribution < -0.4 is 0 Å². The van der Waals surface area contributed by atoms with E-state index in [2.05, 4.69) is 34.5 Å². The standard InChI is InChI=1S/C9H14INO2/c1-11-3-2-9(6-11)4-8(12)13-7(9)5-10/h7H,2-6H2,1H3. The summed E-state index contributed by atoms with van der Waals surface area (Å²) in [4.78, 5) is 13.5. The SMILES string of the molecule is CN1CCC2(CC(=O)OC2CI)C1. The van der Waals surface area contributed by atoms with Gasteiger partial charge in [0.05, 0.1) is 6.42 Å². The summed E-state index contributed by atoms with van der Waals surface area (Å²) in [7, 11) is 2.11. The first-order valence-electron chi connectivity index (χ1n) is 4.60. The van der Waals surface area contributed by atoms with Gasteiger partial charge in [0, 0.05) is 16.4 Å². The van der Waals surface area contributed by atoms with E-state index in [1.807, 2.05) is 0 Å². The normalized spacial score (nSPS) is 40.2. The van der Waals surface area contributed by atoms with E-state index >= 15 is 0 Å². The zero-order valence-corrected chi connectivity index (χ0v) is 9.91. The zero-order valence-electron chi connectivity index (χ0n) is 7.75. The number of rotatable bonds is 1. The van der Waals surface area contributed by atoms with Crippen LogP contribution in [0.25, 0.3) is 0 Å². The van der Waals surface area contributed by atoms with Gasteiger partial charge in [0.15, 0.2) is 0 Å². The molecule has 2 rings (SSSR count). The average molecular weight is 295 g/mol. The lowest BCUT2D eigenvalue weighted by molar-refractivity contribution is -0.140. The van der Waals surface area contributed by atoms with E-state index < -0.39 is 0 Å². The maximum absolute atomic E-state index is 11.2. The van der Waals surface area contributed by atoms with Gasteiger partial charge >= 0.3 is 5.97 Å². The molecule has 0 amide bonds. The number of alkyl halides is 1. The Balaban J connectivity index is 2.16. The van der Waals surface area contributed by atoms with Gasteiger partial charge < -0.3 is 9.64 Å². The molecule has 2 aliphatic rings. The summed E-state index contributed by atoms with van der Waals surface area (Å²) in [5.41, 5.74) is 0.146. The highest BCUT2D eigenvalue weighted by Gasteiger charge is 2.51. The fourth-order valence-electron chi connectivity index (χ4n) is 2.44. The Hall–Kier alpha value is 0.160. The Morgan fingerprint density at radius 1 is 1.77 bits per heavy atom. The number of likely N-dealkylation sites (tertiary alicyclic amines) is 1. The van der Waals surface area contributed by atoms with E-state index in [9.17, 15) is 4.79 Å². The average Bonchev–Trinajstić information content (AvgIpc) is 2.57. The van der Waals surface area contributed by atoms with Crippen LogP contribution in [0.5, 0.6) is 0 Å². The molecule has 3 nitrogen and oxygen atoms in total. The van der Waals surface area contributed by atoms with Crippen LogP contribution in [-0.2, 0) is 9.53 Å². The number of halogens is 1. The number of cyclic esters (lactones) is 1. The minimum absolute atomic E-state index is 0.00281. The predicted molar refractivity (Wildman–Crippen MR) is 57.9 cm³/mol. The smallest absolute Gasteiger partial charge is 0.306 e. The molecule has 1 spiro atoms. The third-order valence-corrected chi connectivity index (χ3v) is 3.97. The molecule has 2 atom stereocenters. The van der Waals surface area contributed by atoms with Crippen LogP contribution in [0.3, 0.4) is 0 Å². The number of carbonyl (C=O) groups is 1. The molecule has 0 bridgehead atoms. The summed E-state index contributed by atoms with van der Waals surface area (Å²) in [6.07, 6.45) is 1.90. The molecule has 2 aliphatic heterocycles. The monoisotopic (exact) mass is 295 g/mol. The van der Waals surface area contributed by atoms with Crippen LogP contribution in [0.2, 0.25) is 0 Å². The van der Waals surface area contributed by atoms with Crippen molar-refractivity contribution in [3.63, 3.8) is 0 Å². The van der Waals surface area contributed by atoms with E-state index in [0.717, 1.165) is 23.9 Å². The van der Waals surface area contributed by atoms with Gasteiger partial charge in [0.25, 0.3) is 0 Å². The minimum Gasteiger partial charge on any atom is -0.461 e. The van der Waals surface area contributed by atoms with E-state index in [0.29, 0.717) is 6.42 Å². The Labute approximate surface area is 91.9 Å². The second kappa shape index (κ2) is 3.38. The summed E-state index contributed by atoms with van der Waals surface area (Å²) in [5, 5.41) is 0. The first-order valence-corrected chi connectivity index (χ1v) is 6.13. The highest BCUT2D eigenvalue weighted by Crippen LogP contribution is 2.43. The van der Waals surface area contributed by atoms with Gasteiger partial charge in [0.2, 0.25) is 0 Å². The van der Waals surface area contributed by atoms with Crippen molar-refractivity contribution >= 4 is 28.6 Å². The lowest BCUT2D eigenvalue weighted by atomic mass is 9.81. The Morgan fingerprint density at radius 3 is 3.08 bits per heavy atom. The largest absolute Gasteiger partial charge is 0.461 e. The molecule has 2 unspecified atom stereocenters. The molecule has 0 N–H and O–H groups in total. The molecule has 0 radical (unpaired) electrons. The van der Waals surface area contributed by atoms with Crippen molar-refractivity contribution in [2.24, 2.45) is 5.41 Å². The fourth-order valence-corrected chi connectivity index (χ4v) is 3.55. The van der Waals surface area contributed by atoms with Crippen molar-refractivity contribution in [2.75, 3.05) is 24.6 Å². The third-order valence-electron chi connectivity index (χ3n) is 3.17. The quantitative estimate of drug-likeness (QED) is 0.411. The second-order valence-corrected chi connectivity index (χ2v) is 5.04. The first-order chi connectivity index (χ1) is 6.16. The number of nitrogens with zero attached hydrogens (tertiary/aromatic N) is 1. The predicted octanol–water partition coefficient (Wildman–Crippen LogP) is 1.06. The first kappa shape index (κ1) is 9.71. The molecule has 0 saturated carbocycles. The molecule has 0 aliphatic carbocycles. The Morgan fingerprint density at radius 2 is 2.54 bits per heavy atom.